The van der Waals surface area contributed by atoms with Crippen LogP contribution in [0, 0.1) is 0 Å². The maximum absolute atomic E-state index is 14.1. The number of aromatic nitrogens is 3. The molecule has 2 aliphatic rings. The second-order valence-corrected chi connectivity index (χ2v) is 13.9. The zero-order chi connectivity index (χ0) is 28.2. The standard InChI is InChI=1S/C27H35F3N7OP/c1-25(2)10-9-15(11-34-25)35-23-32-13-18(27(28,29)30)20(37-23)17-12-31-21-16(17)7-8-19(22(21)39(5)6)36-24-33-14-26(3,4)38-24/h7-8,12-13,15,31,34H,9-11,14H2,1-6H3,(H,33,36)(H,32,35,37). The molecule has 1 atom stereocenters. The molecule has 0 aliphatic carbocycles. The minimum absolute atomic E-state index is 0.0280. The molecule has 1 fully saturated rings. The molecule has 1 unspecified atom stereocenters. The molecule has 0 spiro atoms. The van der Waals surface area contributed by atoms with Gasteiger partial charge in [-0.2, -0.15) is 13.2 Å². The number of H-pyrrole nitrogens is 1. The lowest BCUT2D eigenvalue weighted by Crippen LogP contribution is -2.50. The molecule has 0 amide bonds. The van der Waals surface area contributed by atoms with Crippen molar-refractivity contribution >= 4 is 41.8 Å². The zero-order valence-electron chi connectivity index (χ0n) is 23.0. The molecule has 0 saturated carbocycles. The largest absolute Gasteiger partial charge is 0.457 e. The van der Waals surface area contributed by atoms with Crippen LogP contribution in [0.5, 0.6) is 0 Å². The number of hydrogen-bond acceptors (Lipinski definition) is 7. The third kappa shape index (κ3) is 5.84. The van der Waals surface area contributed by atoms with Crippen molar-refractivity contribution in [1.82, 2.24) is 20.3 Å². The van der Waals surface area contributed by atoms with Gasteiger partial charge in [0.1, 0.15) is 11.2 Å². The van der Waals surface area contributed by atoms with Crippen LogP contribution in [0.25, 0.3) is 22.2 Å². The predicted octanol–water partition coefficient (Wildman–Crippen LogP) is 5.53. The van der Waals surface area contributed by atoms with E-state index in [1.807, 2.05) is 26.0 Å². The fourth-order valence-corrected chi connectivity index (χ4v) is 6.25. The van der Waals surface area contributed by atoms with Crippen LogP contribution in [0.4, 0.5) is 24.8 Å². The molecule has 39 heavy (non-hydrogen) atoms. The summed E-state index contributed by atoms with van der Waals surface area (Å²) in [5.41, 5.74) is 0.596. The maximum Gasteiger partial charge on any atom is 0.419 e. The molecule has 2 aliphatic heterocycles. The van der Waals surface area contributed by atoms with Crippen LogP contribution in [0.3, 0.4) is 0 Å². The van der Waals surface area contributed by atoms with Crippen molar-refractivity contribution in [2.75, 3.05) is 37.1 Å². The summed E-state index contributed by atoms with van der Waals surface area (Å²) in [4.78, 5) is 16.2. The number of ether oxygens (including phenoxy) is 1. The molecular formula is C27H35F3N7OP. The first-order valence-electron chi connectivity index (χ1n) is 13.0. The lowest BCUT2D eigenvalue weighted by atomic mass is 9.91. The smallest absolute Gasteiger partial charge is 0.419 e. The fraction of sp³-hybridized carbons (Fsp3) is 0.519. The van der Waals surface area contributed by atoms with Crippen molar-refractivity contribution in [1.29, 1.82) is 0 Å². The van der Waals surface area contributed by atoms with Gasteiger partial charge in [0.15, 0.2) is 0 Å². The second-order valence-electron chi connectivity index (χ2n) is 11.7. The topological polar surface area (TPSA) is 99.2 Å². The van der Waals surface area contributed by atoms with Gasteiger partial charge in [-0.3, -0.25) is 0 Å². The predicted molar refractivity (Wildman–Crippen MR) is 153 cm³/mol. The van der Waals surface area contributed by atoms with E-state index in [4.69, 9.17) is 4.74 Å². The Labute approximate surface area is 227 Å². The van der Waals surface area contributed by atoms with E-state index < -0.39 is 19.7 Å². The van der Waals surface area contributed by atoms with Crippen molar-refractivity contribution < 1.29 is 17.9 Å². The molecule has 0 radical (unpaired) electrons. The highest BCUT2D eigenvalue weighted by molar-refractivity contribution is 7.65. The van der Waals surface area contributed by atoms with Crippen LogP contribution in [0.15, 0.2) is 29.5 Å². The van der Waals surface area contributed by atoms with E-state index in [2.05, 4.69) is 63.1 Å². The molecular weight excluding hydrogens is 526 g/mol. The average Bonchev–Trinajstić information content (AvgIpc) is 3.41. The van der Waals surface area contributed by atoms with Gasteiger partial charge in [-0.25, -0.2) is 15.0 Å². The van der Waals surface area contributed by atoms with Crippen molar-refractivity contribution in [3.8, 4) is 11.3 Å². The number of halogens is 3. The Morgan fingerprint density at radius 2 is 1.92 bits per heavy atom. The minimum Gasteiger partial charge on any atom is -0.457 e. The van der Waals surface area contributed by atoms with Crippen LogP contribution in [-0.2, 0) is 10.9 Å². The Kier molecular flexibility index (Phi) is 7.04. The van der Waals surface area contributed by atoms with Crippen molar-refractivity contribution in [2.45, 2.75) is 63.9 Å². The van der Waals surface area contributed by atoms with E-state index >= 15 is 0 Å². The van der Waals surface area contributed by atoms with E-state index in [1.54, 1.807) is 6.20 Å². The second kappa shape index (κ2) is 9.93. The monoisotopic (exact) mass is 561 g/mol. The van der Waals surface area contributed by atoms with Crippen LogP contribution < -0.4 is 21.3 Å². The molecule has 8 nitrogen and oxygen atoms in total. The SMILES string of the molecule is CP(C)c1c(NC2=NCC(C)(C)O2)ccc2c(-c3nc(NC4CCC(C)(C)NC4)ncc3C(F)(F)F)c[nH]c12. The molecule has 3 aromatic rings. The van der Waals surface area contributed by atoms with Gasteiger partial charge >= 0.3 is 6.18 Å². The number of anilines is 2. The van der Waals surface area contributed by atoms with Crippen LogP contribution in [0.1, 0.15) is 46.1 Å². The van der Waals surface area contributed by atoms with Gasteiger partial charge in [-0.1, -0.05) is 14.0 Å². The first kappa shape index (κ1) is 27.6. The van der Waals surface area contributed by atoms with Gasteiger partial charge in [0.05, 0.1) is 23.4 Å². The summed E-state index contributed by atoms with van der Waals surface area (Å²) in [6.07, 6.45) is -0.314. The van der Waals surface area contributed by atoms with Crippen molar-refractivity contribution in [2.24, 2.45) is 4.99 Å². The van der Waals surface area contributed by atoms with Crippen LogP contribution in [0.2, 0.25) is 0 Å². The molecule has 2 aromatic heterocycles. The molecule has 5 rings (SSSR count). The first-order valence-corrected chi connectivity index (χ1v) is 15.2. The zero-order valence-corrected chi connectivity index (χ0v) is 23.9. The highest BCUT2D eigenvalue weighted by atomic mass is 31.1. The van der Waals surface area contributed by atoms with E-state index in [0.717, 1.165) is 35.5 Å². The third-order valence-electron chi connectivity index (χ3n) is 7.12. The lowest BCUT2D eigenvalue weighted by molar-refractivity contribution is -0.137. The Hall–Kier alpha value is -2.91. The van der Waals surface area contributed by atoms with Crippen LogP contribution >= 0.6 is 7.92 Å². The Morgan fingerprint density at radius 3 is 2.54 bits per heavy atom. The Balaban J connectivity index is 1.53. The third-order valence-corrected chi connectivity index (χ3v) is 8.48. The van der Waals surface area contributed by atoms with E-state index in [0.29, 0.717) is 30.1 Å². The van der Waals surface area contributed by atoms with E-state index in [1.165, 1.54) is 0 Å². The number of rotatable bonds is 5. The molecule has 4 N–H and O–H groups in total. The number of nitrogens with one attached hydrogen (secondary N) is 4. The van der Waals surface area contributed by atoms with Gasteiger partial charge in [-0.05, 0) is 59.9 Å². The summed E-state index contributed by atoms with van der Waals surface area (Å²) < 4.78 is 48.3. The maximum atomic E-state index is 14.1. The van der Waals surface area contributed by atoms with Crippen LogP contribution in [-0.4, -0.2) is 64.6 Å². The van der Waals surface area contributed by atoms with Crippen molar-refractivity contribution in [3.63, 3.8) is 0 Å². The fourth-order valence-electron chi connectivity index (χ4n) is 5.01. The Morgan fingerprint density at radius 1 is 1.15 bits per heavy atom. The average molecular weight is 562 g/mol. The molecule has 210 valence electrons. The quantitative estimate of drug-likeness (QED) is 0.306. The highest BCUT2D eigenvalue weighted by Crippen LogP contribution is 2.41. The number of amidine groups is 1. The molecule has 4 heterocycles. The number of nitrogens with zero attached hydrogens (tertiary/aromatic N) is 3. The number of hydrogen-bond donors (Lipinski definition) is 4. The van der Waals surface area contributed by atoms with E-state index in [9.17, 15) is 13.2 Å². The normalized spacial score (nSPS) is 20.7. The molecule has 1 saturated heterocycles. The Bertz CT molecular complexity index is 1400. The van der Waals surface area contributed by atoms with E-state index in [-0.39, 0.29) is 28.8 Å². The minimum atomic E-state index is -4.61. The summed E-state index contributed by atoms with van der Waals surface area (Å²) in [6, 6.07) is 4.16. The van der Waals surface area contributed by atoms with Gasteiger partial charge in [0.2, 0.25) is 5.95 Å². The van der Waals surface area contributed by atoms with Gasteiger partial charge in [-0.15, -0.1) is 0 Å². The molecule has 0 bridgehead atoms. The molecule has 12 heteroatoms. The summed E-state index contributed by atoms with van der Waals surface area (Å²) in [5.74, 6) is 0.185. The number of aliphatic imine (C=N–C) groups is 1. The number of aromatic amines is 1. The van der Waals surface area contributed by atoms with Gasteiger partial charge in [0, 0.05) is 46.8 Å². The lowest BCUT2D eigenvalue weighted by Gasteiger charge is -2.36. The summed E-state index contributed by atoms with van der Waals surface area (Å²) >= 11 is 0. The number of alkyl halides is 3. The summed E-state index contributed by atoms with van der Waals surface area (Å²) in [5, 5.41) is 11.6. The number of fused-ring (bicyclic) bond motifs is 1. The summed E-state index contributed by atoms with van der Waals surface area (Å²) in [6.45, 7) is 13.6. The van der Waals surface area contributed by atoms with Crippen molar-refractivity contribution in [3.05, 3.63) is 30.1 Å². The highest BCUT2D eigenvalue weighted by Gasteiger charge is 2.37. The summed E-state index contributed by atoms with van der Waals surface area (Å²) in [7, 11) is -0.651. The molecule has 1 aromatic carbocycles. The number of benzene rings is 1. The first-order chi connectivity index (χ1) is 18.2. The number of piperidine rings is 1. The van der Waals surface area contributed by atoms with Gasteiger partial charge in [0.25, 0.3) is 6.02 Å². The van der Waals surface area contributed by atoms with Gasteiger partial charge < -0.3 is 25.7 Å².